The number of benzene rings is 1. The third kappa shape index (κ3) is 8.39. The average molecular weight is 431 g/mol. The lowest BCUT2D eigenvalue weighted by Gasteiger charge is -2.32. The number of alkyl halides is 3. The summed E-state index contributed by atoms with van der Waals surface area (Å²) >= 11 is 0. The fraction of sp³-hybridized carbons (Fsp3) is 0.667. The Bertz CT molecular complexity index is 662. The molecule has 1 aromatic carbocycles. The molecule has 0 saturated carbocycles. The van der Waals surface area contributed by atoms with Crippen LogP contribution in [0.2, 0.25) is 0 Å². The molecule has 1 aromatic rings. The predicted octanol–water partition coefficient (Wildman–Crippen LogP) is 2.87. The van der Waals surface area contributed by atoms with E-state index in [1.807, 2.05) is 6.92 Å². The van der Waals surface area contributed by atoms with E-state index in [0.717, 1.165) is 51.0 Å². The number of nitrogens with one attached hydrogen (secondary N) is 2. The molecule has 0 radical (unpaired) electrons. The Hall–Kier alpha value is -2.00. The molecular weight excluding hydrogens is 397 g/mol. The van der Waals surface area contributed by atoms with Crippen molar-refractivity contribution in [1.29, 1.82) is 0 Å². The molecule has 1 aliphatic heterocycles. The number of hydrogen-bond donors (Lipinski definition) is 3. The molecule has 1 atom stereocenters. The zero-order chi connectivity index (χ0) is 22.0. The van der Waals surface area contributed by atoms with Crippen LogP contribution in [0.3, 0.4) is 0 Å². The number of rotatable bonds is 9. The maximum atomic E-state index is 12.8. The molecule has 30 heavy (non-hydrogen) atoms. The van der Waals surface area contributed by atoms with Gasteiger partial charge in [-0.2, -0.15) is 13.2 Å². The van der Waals surface area contributed by atoms with Crippen molar-refractivity contribution in [2.24, 2.45) is 4.99 Å². The third-order valence-electron chi connectivity index (χ3n) is 4.88. The van der Waals surface area contributed by atoms with Crippen LogP contribution in [-0.4, -0.2) is 67.4 Å². The molecule has 3 N–H and O–H groups in total. The normalized spacial score (nSPS) is 17.6. The van der Waals surface area contributed by atoms with Crippen molar-refractivity contribution in [3.63, 3.8) is 0 Å². The highest BCUT2D eigenvalue weighted by atomic mass is 19.4. The second-order valence-electron chi connectivity index (χ2n) is 7.47. The van der Waals surface area contributed by atoms with E-state index in [-0.39, 0.29) is 18.9 Å². The van der Waals surface area contributed by atoms with Gasteiger partial charge in [0.1, 0.15) is 18.5 Å². The van der Waals surface area contributed by atoms with Crippen LogP contribution in [0.1, 0.15) is 38.7 Å². The molecular formula is C21H33F3N4O2. The van der Waals surface area contributed by atoms with E-state index in [4.69, 9.17) is 4.74 Å². The SMILES string of the molecule is CCCN1CCC(NC(=NCC(O)COc2cccc(C(F)(F)F)c2)NCC)CC1. The zero-order valence-electron chi connectivity index (χ0n) is 17.7. The van der Waals surface area contributed by atoms with Crippen LogP contribution >= 0.6 is 0 Å². The molecule has 2 rings (SSSR count). The van der Waals surface area contributed by atoms with Gasteiger partial charge < -0.3 is 25.4 Å². The number of piperidine rings is 1. The van der Waals surface area contributed by atoms with E-state index < -0.39 is 17.8 Å². The van der Waals surface area contributed by atoms with Crippen LogP contribution in [0.15, 0.2) is 29.3 Å². The number of guanidine groups is 1. The van der Waals surface area contributed by atoms with Gasteiger partial charge in [0.2, 0.25) is 0 Å². The largest absolute Gasteiger partial charge is 0.491 e. The van der Waals surface area contributed by atoms with Crippen LogP contribution in [0.25, 0.3) is 0 Å². The third-order valence-corrected chi connectivity index (χ3v) is 4.88. The van der Waals surface area contributed by atoms with E-state index in [1.165, 1.54) is 12.1 Å². The Morgan fingerprint density at radius 1 is 1.30 bits per heavy atom. The smallest absolute Gasteiger partial charge is 0.416 e. The summed E-state index contributed by atoms with van der Waals surface area (Å²) in [6.45, 7) is 8.02. The fourth-order valence-corrected chi connectivity index (χ4v) is 3.33. The van der Waals surface area contributed by atoms with Crippen molar-refractivity contribution in [3.8, 4) is 5.75 Å². The van der Waals surface area contributed by atoms with Gasteiger partial charge in [-0.15, -0.1) is 0 Å². The molecule has 0 amide bonds. The van der Waals surface area contributed by atoms with Crippen LogP contribution < -0.4 is 15.4 Å². The van der Waals surface area contributed by atoms with Crippen molar-refractivity contribution in [3.05, 3.63) is 29.8 Å². The van der Waals surface area contributed by atoms with Crippen molar-refractivity contribution in [2.45, 2.75) is 51.4 Å². The van der Waals surface area contributed by atoms with Crippen LogP contribution in [0, 0.1) is 0 Å². The van der Waals surface area contributed by atoms with Crippen molar-refractivity contribution < 1.29 is 23.0 Å². The first-order valence-corrected chi connectivity index (χ1v) is 10.6. The molecule has 1 aliphatic rings. The molecule has 0 aromatic heterocycles. The number of aliphatic imine (C=N–C) groups is 1. The lowest BCUT2D eigenvalue weighted by Crippen LogP contribution is -2.49. The van der Waals surface area contributed by atoms with Gasteiger partial charge in [0.25, 0.3) is 0 Å². The quantitative estimate of drug-likeness (QED) is 0.415. The van der Waals surface area contributed by atoms with Gasteiger partial charge in [0.05, 0.1) is 12.1 Å². The first-order valence-electron chi connectivity index (χ1n) is 10.6. The number of ether oxygens (including phenoxy) is 1. The molecule has 0 aliphatic carbocycles. The monoisotopic (exact) mass is 430 g/mol. The summed E-state index contributed by atoms with van der Waals surface area (Å²) in [4.78, 5) is 6.86. The number of nitrogens with zero attached hydrogens (tertiary/aromatic N) is 2. The molecule has 170 valence electrons. The van der Waals surface area contributed by atoms with Gasteiger partial charge >= 0.3 is 6.18 Å². The molecule has 0 spiro atoms. The van der Waals surface area contributed by atoms with E-state index in [2.05, 4.69) is 27.4 Å². The standard InChI is InChI=1S/C21H33F3N4O2/c1-3-10-28-11-8-17(9-12-28)27-20(25-4-2)26-14-18(29)15-30-19-7-5-6-16(13-19)21(22,23)24/h5-7,13,17-18,29H,3-4,8-12,14-15H2,1-2H3,(H2,25,26,27). The van der Waals surface area contributed by atoms with Gasteiger partial charge in [-0.1, -0.05) is 13.0 Å². The molecule has 1 unspecified atom stereocenters. The zero-order valence-corrected chi connectivity index (χ0v) is 17.7. The number of aliphatic hydroxyl groups is 1. The number of aliphatic hydroxyl groups excluding tert-OH is 1. The Labute approximate surface area is 176 Å². The molecule has 6 nitrogen and oxygen atoms in total. The highest BCUT2D eigenvalue weighted by molar-refractivity contribution is 5.80. The number of likely N-dealkylation sites (tertiary alicyclic amines) is 1. The molecule has 1 saturated heterocycles. The fourth-order valence-electron chi connectivity index (χ4n) is 3.33. The minimum Gasteiger partial charge on any atom is -0.491 e. The van der Waals surface area contributed by atoms with E-state index in [9.17, 15) is 18.3 Å². The summed E-state index contributed by atoms with van der Waals surface area (Å²) in [6.07, 6.45) is -2.14. The minimum absolute atomic E-state index is 0.0664. The van der Waals surface area contributed by atoms with Crippen LogP contribution in [0.5, 0.6) is 5.75 Å². The second kappa shape index (κ2) is 12.0. The summed E-state index contributed by atoms with van der Waals surface area (Å²) in [6, 6.07) is 4.94. The Morgan fingerprint density at radius 3 is 2.67 bits per heavy atom. The first-order chi connectivity index (χ1) is 14.3. The summed E-state index contributed by atoms with van der Waals surface area (Å²) in [7, 11) is 0. The first kappa shape index (κ1) is 24.3. The van der Waals surface area contributed by atoms with Gasteiger partial charge in [0.15, 0.2) is 5.96 Å². The lowest BCUT2D eigenvalue weighted by molar-refractivity contribution is -0.137. The van der Waals surface area contributed by atoms with Gasteiger partial charge in [-0.25, -0.2) is 0 Å². The van der Waals surface area contributed by atoms with Gasteiger partial charge in [-0.3, -0.25) is 4.99 Å². The average Bonchev–Trinajstić information content (AvgIpc) is 2.72. The summed E-state index contributed by atoms with van der Waals surface area (Å²) in [5, 5.41) is 16.7. The predicted molar refractivity (Wildman–Crippen MR) is 112 cm³/mol. The molecule has 9 heteroatoms. The molecule has 1 fully saturated rings. The highest BCUT2D eigenvalue weighted by Crippen LogP contribution is 2.31. The topological polar surface area (TPSA) is 69.1 Å². The van der Waals surface area contributed by atoms with Gasteiger partial charge in [0, 0.05) is 25.7 Å². The second-order valence-corrected chi connectivity index (χ2v) is 7.47. The maximum absolute atomic E-state index is 12.8. The Kier molecular flexibility index (Phi) is 9.71. The number of hydrogen-bond acceptors (Lipinski definition) is 4. The number of halogens is 3. The van der Waals surface area contributed by atoms with E-state index in [0.29, 0.717) is 18.5 Å². The van der Waals surface area contributed by atoms with Gasteiger partial charge in [-0.05, 0) is 50.9 Å². The Balaban J connectivity index is 1.81. The van der Waals surface area contributed by atoms with Crippen LogP contribution in [-0.2, 0) is 6.18 Å². The lowest BCUT2D eigenvalue weighted by atomic mass is 10.1. The van der Waals surface area contributed by atoms with Crippen LogP contribution in [0.4, 0.5) is 13.2 Å². The van der Waals surface area contributed by atoms with Crippen molar-refractivity contribution in [2.75, 3.05) is 39.3 Å². The highest BCUT2D eigenvalue weighted by Gasteiger charge is 2.30. The molecule has 1 heterocycles. The van der Waals surface area contributed by atoms with E-state index >= 15 is 0 Å². The Morgan fingerprint density at radius 2 is 2.03 bits per heavy atom. The molecule has 0 bridgehead atoms. The van der Waals surface area contributed by atoms with E-state index in [1.54, 1.807) is 0 Å². The minimum atomic E-state index is -4.43. The van der Waals surface area contributed by atoms with Crippen molar-refractivity contribution in [1.82, 2.24) is 15.5 Å². The summed E-state index contributed by atoms with van der Waals surface area (Å²) in [5.41, 5.74) is -0.781. The summed E-state index contributed by atoms with van der Waals surface area (Å²) in [5.74, 6) is 0.696. The summed E-state index contributed by atoms with van der Waals surface area (Å²) < 4.78 is 43.6. The van der Waals surface area contributed by atoms with Crippen molar-refractivity contribution >= 4 is 5.96 Å². The maximum Gasteiger partial charge on any atom is 0.416 e.